The molecular weight excluding hydrogens is 401 g/mol. The Morgan fingerprint density at radius 3 is 2.55 bits per heavy atom. The number of aryl methyl sites for hydroxylation is 2. The van der Waals surface area contributed by atoms with Gasteiger partial charge in [0.1, 0.15) is 4.83 Å². The number of alkyl halides is 3. The van der Waals surface area contributed by atoms with Crippen molar-refractivity contribution in [2.75, 3.05) is 23.3 Å². The fourth-order valence-electron chi connectivity index (χ4n) is 3.72. The minimum Gasteiger partial charge on any atom is -0.370 e. The number of nitrogens with zero attached hydrogens (tertiary/aromatic N) is 3. The summed E-state index contributed by atoms with van der Waals surface area (Å²) >= 11 is 1.28. The molecule has 0 bridgehead atoms. The van der Waals surface area contributed by atoms with Crippen LogP contribution in [0.4, 0.5) is 24.5 Å². The molecule has 29 heavy (non-hydrogen) atoms. The SMILES string of the molecule is Cc1nn(C)c2sc(C(=O)Nc3cc(C(F)(F)F)ccc3N3CCCCC3)cc12. The number of hydrogen-bond acceptors (Lipinski definition) is 4. The Morgan fingerprint density at radius 1 is 1.17 bits per heavy atom. The van der Waals surface area contributed by atoms with Crippen molar-refractivity contribution in [2.24, 2.45) is 7.05 Å². The smallest absolute Gasteiger partial charge is 0.370 e. The highest BCUT2D eigenvalue weighted by Crippen LogP contribution is 2.37. The second-order valence-corrected chi connectivity index (χ2v) is 8.30. The molecule has 0 aliphatic carbocycles. The predicted molar refractivity (Wildman–Crippen MR) is 109 cm³/mol. The molecule has 3 aromatic rings. The molecule has 2 aromatic heterocycles. The Labute approximate surface area is 170 Å². The number of carbonyl (C=O) groups is 1. The fraction of sp³-hybridized carbons (Fsp3) is 0.400. The van der Waals surface area contributed by atoms with Crippen molar-refractivity contribution in [3.05, 3.63) is 40.4 Å². The molecule has 5 nitrogen and oxygen atoms in total. The number of aromatic nitrogens is 2. The molecule has 0 spiro atoms. The van der Waals surface area contributed by atoms with E-state index in [1.54, 1.807) is 17.8 Å². The van der Waals surface area contributed by atoms with Crippen molar-refractivity contribution in [1.29, 1.82) is 0 Å². The van der Waals surface area contributed by atoms with Gasteiger partial charge < -0.3 is 10.2 Å². The van der Waals surface area contributed by atoms with Crippen LogP contribution in [-0.2, 0) is 13.2 Å². The molecule has 9 heteroatoms. The lowest BCUT2D eigenvalue weighted by atomic mass is 10.1. The summed E-state index contributed by atoms with van der Waals surface area (Å²) in [4.78, 5) is 16.2. The summed E-state index contributed by atoms with van der Waals surface area (Å²) < 4.78 is 41.5. The molecule has 3 heterocycles. The van der Waals surface area contributed by atoms with E-state index in [9.17, 15) is 18.0 Å². The van der Waals surface area contributed by atoms with E-state index in [4.69, 9.17) is 0 Å². The van der Waals surface area contributed by atoms with E-state index in [-0.39, 0.29) is 5.69 Å². The van der Waals surface area contributed by atoms with Gasteiger partial charge in [-0.3, -0.25) is 9.48 Å². The highest BCUT2D eigenvalue weighted by Gasteiger charge is 2.32. The lowest BCUT2D eigenvalue weighted by Crippen LogP contribution is -2.30. The lowest BCUT2D eigenvalue weighted by molar-refractivity contribution is -0.137. The molecular formula is C20H21F3N4OS. The zero-order valence-corrected chi connectivity index (χ0v) is 17.0. The Morgan fingerprint density at radius 2 is 1.90 bits per heavy atom. The van der Waals surface area contributed by atoms with Crippen LogP contribution in [0.2, 0.25) is 0 Å². The number of carbonyl (C=O) groups excluding carboxylic acids is 1. The molecule has 1 amide bonds. The number of hydrogen-bond donors (Lipinski definition) is 1. The van der Waals surface area contributed by atoms with Gasteiger partial charge in [-0.15, -0.1) is 11.3 Å². The Balaban J connectivity index is 1.69. The fourth-order valence-corrected chi connectivity index (χ4v) is 4.74. The summed E-state index contributed by atoms with van der Waals surface area (Å²) in [6.45, 7) is 3.39. The molecule has 1 saturated heterocycles. The second kappa shape index (κ2) is 7.37. The molecule has 0 unspecified atom stereocenters. The first-order valence-electron chi connectivity index (χ1n) is 9.45. The predicted octanol–water partition coefficient (Wildman–Crippen LogP) is 5.20. The average molecular weight is 422 g/mol. The third-order valence-electron chi connectivity index (χ3n) is 5.19. The van der Waals surface area contributed by atoms with Gasteiger partial charge in [0.05, 0.1) is 27.5 Å². The van der Waals surface area contributed by atoms with Crippen molar-refractivity contribution in [3.8, 4) is 0 Å². The van der Waals surface area contributed by atoms with E-state index >= 15 is 0 Å². The van der Waals surface area contributed by atoms with Gasteiger partial charge in [0.2, 0.25) is 0 Å². The van der Waals surface area contributed by atoms with Gasteiger partial charge in [-0.1, -0.05) is 0 Å². The maximum atomic E-state index is 13.3. The van der Waals surface area contributed by atoms with Crippen molar-refractivity contribution in [3.63, 3.8) is 0 Å². The Hall–Kier alpha value is -2.55. The Bertz CT molecular complexity index is 1030. The minimum atomic E-state index is -4.47. The normalized spacial score (nSPS) is 15.1. The first-order chi connectivity index (χ1) is 13.7. The number of anilines is 2. The van der Waals surface area contributed by atoms with Crippen LogP contribution in [0.1, 0.15) is 40.2 Å². The number of fused-ring (bicyclic) bond motifs is 1. The van der Waals surface area contributed by atoms with E-state index in [0.717, 1.165) is 60.4 Å². The van der Waals surface area contributed by atoms with Crippen LogP contribution >= 0.6 is 11.3 Å². The topological polar surface area (TPSA) is 50.2 Å². The molecule has 154 valence electrons. The molecule has 1 aliphatic heterocycles. The highest BCUT2D eigenvalue weighted by molar-refractivity contribution is 7.20. The van der Waals surface area contributed by atoms with E-state index in [2.05, 4.69) is 10.4 Å². The first kappa shape index (κ1) is 19.8. The van der Waals surface area contributed by atoms with Crippen LogP contribution in [-0.4, -0.2) is 28.8 Å². The molecule has 0 radical (unpaired) electrons. The number of piperidine rings is 1. The third kappa shape index (κ3) is 3.83. The van der Waals surface area contributed by atoms with Crippen LogP contribution in [0.25, 0.3) is 10.2 Å². The lowest BCUT2D eigenvalue weighted by Gasteiger charge is -2.31. The third-order valence-corrected chi connectivity index (χ3v) is 6.39. The number of nitrogens with one attached hydrogen (secondary N) is 1. The number of benzene rings is 1. The molecule has 4 rings (SSSR count). The van der Waals surface area contributed by atoms with Crippen molar-refractivity contribution < 1.29 is 18.0 Å². The zero-order valence-electron chi connectivity index (χ0n) is 16.1. The number of amides is 1. The van der Waals surface area contributed by atoms with E-state index in [1.807, 2.05) is 11.8 Å². The summed E-state index contributed by atoms with van der Waals surface area (Å²) in [6, 6.07) is 5.31. The molecule has 1 N–H and O–H groups in total. The maximum Gasteiger partial charge on any atom is 0.416 e. The summed E-state index contributed by atoms with van der Waals surface area (Å²) in [5.41, 5.74) is 0.861. The van der Waals surface area contributed by atoms with Crippen LogP contribution in [0.5, 0.6) is 0 Å². The van der Waals surface area contributed by atoms with Gasteiger partial charge in [0, 0.05) is 25.5 Å². The monoisotopic (exact) mass is 422 g/mol. The van der Waals surface area contributed by atoms with Crippen molar-refractivity contribution in [2.45, 2.75) is 32.4 Å². The average Bonchev–Trinajstić information content (AvgIpc) is 3.23. The summed E-state index contributed by atoms with van der Waals surface area (Å²) in [6.07, 6.45) is -1.40. The molecule has 0 saturated carbocycles. The highest BCUT2D eigenvalue weighted by atomic mass is 32.1. The van der Waals surface area contributed by atoms with Crippen molar-refractivity contribution in [1.82, 2.24) is 9.78 Å². The molecule has 0 atom stereocenters. The van der Waals surface area contributed by atoms with E-state index in [0.29, 0.717) is 10.6 Å². The van der Waals surface area contributed by atoms with Gasteiger partial charge in [-0.05, 0) is 50.5 Å². The van der Waals surface area contributed by atoms with Gasteiger partial charge in [0.25, 0.3) is 5.91 Å². The largest absolute Gasteiger partial charge is 0.416 e. The van der Waals surface area contributed by atoms with Crippen LogP contribution in [0.3, 0.4) is 0 Å². The number of rotatable bonds is 3. The minimum absolute atomic E-state index is 0.194. The molecule has 1 aliphatic rings. The molecule has 1 aromatic carbocycles. The number of halogens is 3. The second-order valence-electron chi connectivity index (χ2n) is 7.27. The van der Waals surface area contributed by atoms with Gasteiger partial charge in [0.15, 0.2) is 0 Å². The summed E-state index contributed by atoms with van der Waals surface area (Å²) in [5.74, 6) is -0.414. The quantitative estimate of drug-likeness (QED) is 0.631. The van der Waals surface area contributed by atoms with E-state index in [1.165, 1.54) is 17.4 Å². The Kier molecular flexibility index (Phi) is 5.02. The summed E-state index contributed by atoms with van der Waals surface area (Å²) in [5, 5.41) is 7.92. The molecule has 1 fully saturated rings. The van der Waals surface area contributed by atoms with Gasteiger partial charge in [-0.25, -0.2) is 0 Å². The van der Waals surface area contributed by atoms with Crippen molar-refractivity contribution >= 4 is 38.8 Å². The van der Waals surface area contributed by atoms with Crippen LogP contribution in [0.15, 0.2) is 24.3 Å². The van der Waals surface area contributed by atoms with Gasteiger partial charge in [-0.2, -0.15) is 18.3 Å². The number of thiophene rings is 1. The first-order valence-corrected chi connectivity index (χ1v) is 10.3. The van der Waals surface area contributed by atoms with E-state index < -0.39 is 17.6 Å². The maximum absolute atomic E-state index is 13.3. The standard InChI is InChI=1S/C20H21F3N4OS/c1-12-14-11-17(29-19(14)26(2)25-12)18(28)24-15-10-13(20(21,22)23)6-7-16(15)27-8-4-3-5-9-27/h6-7,10-11H,3-5,8-9H2,1-2H3,(H,24,28). The zero-order chi connectivity index (χ0) is 20.8. The van der Waals surface area contributed by atoms with Crippen LogP contribution < -0.4 is 10.2 Å². The summed E-state index contributed by atoms with van der Waals surface area (Å²) in [7, 11) is 1.80. The van der Waals surface area contributed by atoms with Gasteiger partial charge >= 0.3 is 6.18 Å². The van der Waals surface area contributed by atoms with Crippen LogP contribution in [0, 0.1) is 6.92 Å².